The summed E-state index contributed by atoms with van der Waals surface area (Å²) in [4.78, 5) is 16.1. The van der Waals surface area contributed by atoms with E-state index in [-0.39, 0.29) is 0 Å². The van der Waals surface area contributed by atoms with Crippen molar-refractivity contribution in [3.63, 3.8) is 0 Å². The molecule has 13 aromatic rings. The molecule has 0 amide bonds. The summed E-state index contributed by atoms with van der Waals surface area (Å²) in [5, 5.41) is 10.6. The zero-order chi connectivity index (χ0) is 42.8. The molecule has 0 unspecified atom stereocenters. The highest BCUT2D eigenvalue weighted by atomic mass is 15.0. The molecule has 0 spiro atoms. The first-order valence-corrected chi connectivity index (χ1v) is 22.1. The maximum atomic E-state index is 5.58. The van der Waals surface area contributed by atoms with E-state index in [2.05, 4.69) is 235 Å². The first kappa shape index (κ1) is 36.9. The van der Waals surface area contributed by atoms with Crippen molar-refractivity contribution < 1.29 is 0 Å². The third-order valence-electron chi connectivity index (χ3n) is 12.9. The maximum absolute atomic E-state index is 5.58. The van der Waals surface area contributed by atoms with E-state index < -0.39 is 0 Å². The summed E-state index contributed by atoms with van der Waals surface area (Å²) in [6.07, 6.45) is 0. The second kappa shape index (κ2) is 15.0. The van der Waals surface area contributed by atoms with Crippen LogP contribution in [0.4, 0.5) is 0 Å². The lowest BCUT2D eigenvalue weighted by atomic mass is 9.94. The number of pyridine rings is 1. The number of hydrogen-bond donors (Lipinski definition) is 0. The van der Waals surface area contributed by atoms with Gasteiger partial charge in [0.2, 0.25) is 0 Å². The van der Waals surface area contributed by atoms with Gasteiger partial charge in [-0.05, 0) is 81.0 Å². The van der Waals surface area contributed by atoms with Crippen molar-refractivity contribution in [2.45, 2.75) is 0 Å². The van der Waals surface area contributed by atoms with Gasteiger partial charge in [-0.2, -0.15) is 0 Å². The summed E-state index contributed by atoms with van der Waals surface area (Å²) in [6, 6.07) is 82.2. The van der Waals surface area contributed by atoms with Gasteiger partial charge in [0.1, 0.15) is 0 Å². The number of rotatable bonds is 6. The zero-order valence-electron chi connectivity index (χ0n) is 35.2. The van der Waals surface area contributed by atoms with Crippen molar-refractivity contribution in [1.82, 2.24) is 19.5 Å². The van der Waals surface area contributed by atoms with Crippen LogP contribution >= 0.6 is 0 Å². The van der Waals surface area contributed by atoms with Crippen LogP contribution in [0.2, 0.25) is 0 Å². The Morgan fingerprint density at radius 3 is 1.55 bits per heavy atom. The molecule has 0 aliphatic heterocycles. The van der Waals surface area contributed by atoms with Crippen molar-refractivity contribution >= 4 is 65.0 Å². The Kier molecular flexibility index (Phi) is 8.50. The summed E-state index contributed by atoms with van der Waals surface area (Å²) in [7, 11) is 0. The molecule has 0 fully saturated rings. The maximum Gasteiger partial charge on any atom is 0.160 e. The Morgan fingerprint density at radius 2 is 0.862 bits per heavy atom. The van der Waals surface area contributed by atoms with Gasteiger partial charge < -0.3 is 4.57 Å². The Balaban J connectivity index is 0.984. The van der Waals surface area contributed by atoms with E-state index in [0.717, 1.165) is 72.4 Å². The van der Waals surface area contributed by atoms with Crippen molar-refractivity contribution in [3.8, 4) is 62.0 Å². The van der Waals surface area contributed by atoms with Gasteiger partial charge >= 0.3 is 0 Å². The quantitative estimate of drug-likeness (QED) is 0.157. The zero-order valence-corrected chi connectivity index (χ0v) is 35.2. The van der Waals surface area contributed by atoms with Gasteiger partial charge in [0.25, 0.3) is 0 Å². The SMILES string of the molecule is c1ccc(-c2nc3c(-c4ccc(-c5nc(-c6ccc7ccccc7c6)cc(-c6ccc7ccccc7c6)n5)cc4)cccc3c3cc4c(cc23)c2ccccc2n4-c2ccccc2)cc1. The molecule has 0 bridgehead atoms. The number of hydrogen-bond acceptors (Lipinski definition) is 3. The molecule has 4 heteroatoms. The lowest BCUT2D eigenvalue weighted by Gasteiger charge is -2.15. The Labute approximate surface area is 375 Å². The molecular weight excluding hydrogens is 789 g/mol. The molecule has 4 nitrogen and oxygen atoms in total. The van der Waals surface area contributed by atoms with Crippen LogP contribution in [0.5, 0.6) is 0 Å². The number of aromatic nitrogens is 4. The van der Waals surface area contributed by atoms with Gasteiger partial charge in [-0.15, -0.1) is 0 Å². The molecule has 0 atom stereocenters. The fourth-order valence-electron chi connectivity index (χ4n) is 9.76. The summed E-state index contributed by atoms with van der Waals surface area (Å²) < 4.78 is 2.39. The van der Waals surface area contributed by atoms with Gasteiger partial charge in [-0.25, -0.2) is 15.0 Å². The van der Waals surface area contributed by atoms with Crippen LogP contribution in [-0.2, 0) is 0 Å². The molecule has 13 rings (SSSR count). The minimum absolute atomic E-state index is 0.677. The third-order valence-corrected chi connectivity index (χ3v) is 12.9. The van der Waals surface area contributed by atoms with Crippen LogP contribution in [0.15, 0.2) is 231 Å². The first-order valence-electron chi connectivity index (χ1n) is 22.1. The van der Waals surface area contributed by atoms with Gasteiger partial charge in [0.05, 0.1) is 33.6 Å². The van der Waals surface area contributed by atoms with Crippen LogP contribution in [0.25, 0.3) is 127 Å². The van der Waals surface area contributed by atoms with Crippen LogP contribution in [0.1, 0.15) is 0 Å². The van der Waals surface area contributed by atoms with E-state index in [1.165, 1.54) is 48.7 Å². The fraction of sp³-hybridized carbons (Fsp3) is 0. The van der Waals surface area contributed by atoms with Gasteiger partial charge in [-0.3, -0.25) is 0 Å². The van der Waals surface area contributed by atoms with Gasteiger partial charge in [0, 0.05) is 55.0 Å². The van der Waals surface area contributed by atoms with Crippen molar-refractivity contribution in [2.75, 3.05) is 0 Å². The summed E-state index contributed by atoms with van der Waals surface area (Å²) in [5.74, 6) is 0.677. The number of fused-ring (bicyclic) bond motifs is 8. The Hall–Kier alpha value is -8.73. The van der Waals surface area contributed by atoms with Gasteiger partial charge in [0.15, 0.2) is 5.82 Å². The summed E-state index contributed by atoms with van der Waals surface area (Å²) in [5.41, 5.74) is 13.4. The van der Waals surface area contributed by atoms with Crippen molar-refractivity contribution in [2.24, 2.45) is 0 Å². The second-order valence-corrected chi connectivity index (χ2v) is 16.8. The van der Waals surface area contributed by atoms with E-state index in [1.807, 2.05) is 0 Å². The molecule has 3 heterocycles. The fourth-order valence-corrected chi connectivity index (χ4v) is 9.76. The molecular formula is C61H38N4. The van der Waals surface area contributed by atoms with E-state index in [4.69, 9.17) is 15.0 Å². The topological polar surface area (TPSA) is 43.6 Å². The third kappa shape index (κ3) is 6.26. The van der Waals surface area contributed by atoms with E-state index >= 15 is 0 Å². The molecule has 302 valence electrons. The summed E-state index contributed by atoms with van der Waals surface area (Å²) >= 11 is 0. The van der Waals surface area contributed by atoms with Crippen LogP contribution in [-0.4, -0.2) is 19.5 Å². The monoisotopic (exact) mass is 826 g/mol. The van der Waals surface area contributed by atoms with Crippen molar-refractivity contribution in [3.05, 3.63) is 231 Å². The number of nitrogens with zero attached hydrogens (tertiary/aromatic N) is 4. The Bertz CT molecular complexity index is 3890. The summed E-state index contributed by atoms with van der Waals surface area (Å²) in [6.45, 7) is 0. The predicted octanol–water partition coefficient (Wildman–Crippen LogP) is 15.9. The number of benzene rings is 10. The predicted molar refractivity (Wildman–Crippen MR) is 271 cm³/mol. The minimum atomic E-state index is 0.677. The normalized spacial score (nSPS) is 11.7. The second-order valence-electron chi connectivity index (χ2n) is 16.8. The number of para-hydroxylation sites is 3. The molecule has 0 saturated carbocycles. The molecule has 65 heavy (non-hydrogen) atoms. The van der Waals surface area contributed by atoms with Crippen LogP contribution in [0.3, 0.4) is 0 Å². The van der Waals surface area contributed by atoms with E-state index in [1.54, 1.807) is 0 Å². The minimum Gasteiger partial charge on any atom is -0.309 e. The largest absolute Gasteiger partial charge is 0.309 e. The average Bonchev–Trinajstić information content (AvgIpc) is 3.71. The molecule has 0 radical (unpaired) electrons. The van der Waals surface area contributed by atoms with E-state index in [9.17, 15) is 0 Å². The highest BCUT2D eigenvalue weighted by Gasteiger charge is 2.20. The highest BCUT2D eigenvalue weighted by Crippen LogP contribution is 2.42. The lowest BCUT2D eigenvalue weighted by molar-refractivity contribution is 1.18. The molecule has 0 aliphatic carbocycles. The van der Waals surface area contributed by atoms with E-state index in [0.29, 0.717) is 5.82 Å². The molecule has 10 aromatic carbocycles. The molecule has 0 saturated heterocycles. The van der Waals surface area contributed by atoms with Crippen molar-refractivity contribution in [1.29, 1.82) is 0 Å². The lowest BCUT2D eigenvalue weighted by Crippen LogP contribution is -1.96. The van der Waals surface area contributed by atoms with Crippen LogP contribution in [0, 0.1) is 0 Å². The molecule has 0 aliphatic rings. The standard InChI is InChI=1S/C61H38N4/c1-3-16-42(17-4-1)59-54-36-53-50-22-11-12-25-57(50)65(48-20-5-2-6-21-48)58(53)37-52(54)51-24-13-23-49(60(51)64-59)41-28-30-43(31-29-41)61-62-55(46-32-26-39-14-7-9-18-44(39)34-46)38-56(63-61)47-33-27-40-15-8-10-19-45(40)35-47/h1-38H. The molecule has 3 aromatic heterocycles. The van der Waals surface area contributed by atoms with Gasteiger partial charge in [-0.1, -0.05) is 182 Å². The molecule has 0 N–H and O–H groups in total. The first-order chi connectivity index (χ1) is 32.2. The van der Waals surface area contributed by atoms with Crippen LogP contribution < -0.4 is 0 Å². The highest BCUT2D eigenvalue weighted by molar-refractivity contribution is 6.21. The Morgan fingerprint density at radius 1 is 0.292 bits per heavy atom. The smallest absolute Gasteiger partial charge is 0.160 e. The average molecular weight is 827 g/mol.